The minimum atomic E-state index is 0.340. The Morgan fingerprint density at radius 3 is 2.43 bits per heavy atom. The van der Waals surface area contributed by atoms with E-state index in [1.165, 1.54) is 32.7 Å². The van der Waals surface area contributed by atoms with Crippen LogP contribution in [0.4, 0.5) is 0 Å². The zero-order valence-corrected chi connectivity index (χ0v) is 8.98. The van der Waals surface area contributed by atoms with Crippen LogP contribution in [0.25, 0.3) is 0 Å². The lowest BCUT2D eigenvalue weighted by atomic mass is 9.82. The van der Waals surface area contributed by atoms with Crippen LogP contribution < -0.4 is 5.90 Å². The number of hydrogen-bond donors (Lipinski definition) is 1. The second kappa shape index (κ2) is 4.57. The molecule has 0 radical (unpaired) electrons. The van der Waals surface area contributed by atoms with Crippen LogP contribution in [0.2, 0.25) is 0 Å². The Morgan fingerprint density at radius 2 is 1.86 bits per heavy atom. The average molecular weight is 199 g/mol. The van der Waals surface area contributed by atoms with Gasteiger partial charge in [0.1, 0.15) is 0 Å². The summed E-state index contributed by atoms with van der Waals surface area (Å²) in [4.78, 5) is 9.75. The van der Waals surface area contributed by atoms with Gasteiger partial charge in [0.15, 0.2) is 0 Å². The van der Waals surface area contributed by atoms with E-state index in [-0.39, 0.29) is 0 Å². The molecular weight excluding hydrogens is 178 g/mol. The van der Waals surface area contributed by atoms with Crippen molar-refractivity contribution in [2.24, 2.45) is 11.8 Å². The lowest BCUT2D eigenvalue weighted by Gasteiger charge is -2.39. The summed E-state index contributed by atoms with van der Waals surface area (Å²) >= 11 is 0. The smallest absolute Gasteiger partial charge is 0.0793 e. The molecule has 4 heteroatoms. The molecule has 82 valence electrons. The molecule has 1 saturated heterocycles. The van der Waals surface area contributed by atoms with E-state index in [0.29, 0.717) is 6.10 Å². The maximum atomic E-state index is 5.13. The molecule has 1 heterocycles. The molecule has 1 aliphatic carbocycles. The number of likely N-dealkylation sites (N-methyl/N-ethyl adjacent to an activating group) is 1. The van der Waals surface area contributed by atoms with Crippen molar-refractivity contribution in [3.05, 3.63) is 0 Å². The molecule has 0 atom stereocenters. The summed E-state index contributed by atoms with van der Waals surface area (Å²) in [6.07, 6.45) is 2.65. The summed E-state index contributed by atoms with van der Waals surface area (Å²) in [5.41, 5.74) is 0. The lowest BCUT2D eigenvalue weighted by Crippen LogP contribution is -2.48. The van der Waals surface area contributed by atoms with Gasteiger partial charge in [0, 0.05) is 32.7 Å². The first-order valence-electron chi connectivity index (χ1n) is 5.54. The van der Waals surface area contributed by atoms with Gasteiger partial charge < -0.3 is 14.6 Å². The highest BCUT2D eigenvalue weighted by atomic mass is 16.6. The molecule has 1 saturated carbocycles. The van der Waals surface area contributed by atoms with E-state index in [1.54, 1.807) is 0 Å². The molecule has 4 nitrogen and oxygen atoms in total. The molecule has 0 aromatic heterocycles. The number of piperazine rings is 1. The van der Waals surface area contributed by atoms with Crippen LogP contribution in [0, 0.1) is 5.92 Å². The van der Waals surface area contributed by atoms with E-state index in [4.69, 9.17) is 10.7 Å². The number of nitrogens with two attached hydrogens (primary N) is 1. The summed E-state index contributed by atoms with van der Waals surface area (Å²) in [5, 5.41) is 0. The van der Waals surface area contributed by atoms with Crippen LogP contribution >= 0.6 is 0 Å². The normalized spacial score (nSPS) is 35.6. The number of hydrogen-bond acceptors (Lipinski definition) is 4. The van der Waals surface area contributed by atoms with E-state index in [9.17, 15) is 0 Å². The Morgan fingerprint density at radius 1 is 1.21 bits per heavy atom. The fourth-order valence-corrected chi connectivity index (χ4v) is 2.33. The second-order valence-electron chi connectivity index (χ2n) is 4.70. The van der Waals surface area contributed by atoms with Crippen molar-refractivity contribution in [1.82, 2.24) is 9.80 Å². The van der Waals surface area contributed by atoms with Gasteiger partial charge in [-0.25, -0.2) is 5.90 Å². The third kappa shape index (κ3) is 2.45. The van der Waals surface area contributed by atoms with Gasteiger partial charge in [-0.1, -0.05) is 0 Å². The summed E-state index contributed by atoms with van der Waals surface area (Å²) < 4.78 is 0. The highest BCUT2D eigenvalue weighted by Crippen LogP contribution is 2.29. The first-order chi connectivity index (χ1) is 6.78. The Bertz CT molecular complexity index is 174. The van der Waals surface area contributed by atoms with Crippen LogP contribution in [-0.4, -0.2) is 55.7 Å². The highest BCUT2D eigenvalue weighted by Gasteiger charge is 2.31. The molecule has 2 N–H and O–H groups in total. The zero-order chi connectivity index (χ0) is 9.97. The first-order valence-corrected chi connectivity index (χ1v) is 5.54. The van der Waals surface area contributed by atoms with Gasteiger partial charge in [0.25, 0.3) is 0 Å². The van der Waals surface area contributed by atoms with Gasteiger partial charge in [0.05, 0.1) is 6.10 Å². The van der Waals surface area contributed by atoms with Crippen molar-refractivity contribution in [3.63, 3.8) is 0 Å². The van der Waals surface area contributed by atoms with Gasteiger partial charge >= 0.3 is 0 Å². The maximum absolute atomic E-state index is 5.13. The summed E-state index contributed by atoms with van der Waals surface area (Å²) in [7, 11) is 2.19. The van der Waals surface area contributed by atoms with Crippen LogP contribution in [0.3, 0.4) is 0 Å². The molecule has 14 heavy (non-hydrogen) atoms. The SMILES string of the molecule is CN1CCN(CC2CC(ON)C2)CC1. The molecule has 2 rings (SSSR count). The minimum Gasteiger partial charge on any atom is -0.304 e. The Labute approximate surface area is 85.9 Å². The second-order valence-corrected chi connectivity index (χ2v) is 4.70. The van der Waals surface area contributed by atoms with E-state index < -0.39 is 0 Å². The van der Waals surface area contributed by atoms with E-state index in [2.05, 4.69) is 16.8 Å². The van der Waals surface area contributed by atoms with E-state index in [0.717, 1.165) is 18.8 Å². The molecular formula is C10H21N3O. The molecule has 0 amide bonds. The highest BCUT2D eigenvalue weighted by molar-refractivity contribution is 4.83. The predicted octanol–water partition coefficient (Wildman–Crippen LogP) is -0.0973. The van der Waals surface area contributed by atoms with Crippen molar-refractivity contribution >= 4 is 0 Å². The minimum absolute atomic E-state index is 0.340. The fraction of sp³-hybridized carbons (Fsp3) is 1.00. The van der Waals surface area contributed by atoms with Crippen LogP contribution in [0.15, 0.2) is 0 Å². The molecule has 0 aromatic carbocycles. The van der Waals surface area contributed by atoms with Gasteiger partial charge in [-0.15, -0.1) is 0 Å². The molecule has 2 aliphatic rings. The summed E-state index contributed by atoms with van der Waals surface area (Å²) in [5.74, 6) is 5.95. The number of nitrogens with zero attached hydrogens (tertiary/aromatic N) is 2. The first kappa shape index (κ1) is 10.4. The van der Waals surface area contributed by atoms with Gasteiger partial charge in [0.2, 0.25) is 0 Å². The molecule has 2 fully saturated rings. The van der Waals surface area contributed by atoms with Crippen molar-refractivity contribution in [2.45, 2.75) is 18.9 Å². The van der Waals surface area contributed by atoms with Crippen molar-refractivity contribution in [3.8, 4) is 0 Å². The third-order valence-corrected chi connectivity index (χ3v) is 3.50. The average Bonchev–Trinajstić information content (AvgIpc) is 2.13. The van der Waals surface area contributed by atoms with Gasteiger partial charge in [-0.2, -0.15) is 0 Å². The molecule has 0 unspecified atom stereocenters. The van der Waals surface area contributed by atoms with Crippen LogP contribution in [-0.2, 0) is 4.84 Å². The van der Waals surface area contributed by atoms with Crippen LogP contribution in [0.5, 0.6) is 0 Å². The van der Waals surface area contributed by atoms with E-state index >= 15 is 0 Å². The van der Waals surface area contributed by atoms with Crippen molar-refractivity contribution in [1.29, 1.82) is 0 Å². The zero-order valence-electron chi connectivity index (χ0n) is 8.98. The Balaban J connectivity index is 1.62. The van der Waals surface area contributed by atoms with Crippen LogP contribution in [0.1, 0.15) is 12.8 Å². The maximum Gasteiger partial charge on any atom is 0.0793 e. The van der Waals surface area contributed by atoms with E-state index in [1.807, 2.05) is 0 Å². The summed E-state index contributed by atoms with van der Waals surface area (Å²) in [6.45, 7) is 6.11. The topological polar surface area (TPSA) is 41.7 Å². The van der Waals surface area contributed by atoms with Gasteiger partial charge in [-0.3, -0.25) is 0 Å². The van der Waals surface area contributed by atoms with Crippen molar-refractivity contribution in [2.75, 3.05) is 39.8 Å². The largest absolute Gasteiger partial charge is 0.304 e. The standard InChI is InChI=1S/C10H21N3O/c1-12-2-4-13(5-3-12)8-9-6-10(7-9)14-11/h9-10H,2-8,11H2,1H3. The number of rotatable bonds is 3. The van der Waals surface area contributed by atoms with Gasteiger partial charge in [-0.05, 0) is 25.8 Å². The Hall–Kier alpha value is -0.160. The Kier molecular flexibility index (Phi) is 3.38. The molecule has 0 bridgehead atoms. The third-order valence-electron chi connectivity index (χ3n) is 3.50. The summed E-state index contributed by atoms with van der Waals surface area (Å²) in [6, 6.07) is 0. The molecule has 0 spiro atoms. The lowest BCUT2D eigenvalue weighted by molar-refractivity contribution is -0.0431. The fourth-order valence-electron chi connectivity index (χ4n) is 2.33. The molecule has 0 aromatic rings. The monoisotopic (exact) mass is 199 g/mol. The molecule has 1 aliphatic heterocycles. The predicted molar refractivity (Wildman–Crippen MR) is 55.7 cm³/mol. The van der Waals surface area contributed by atoms with Crippen molar-refractivity contribution < 1.29 is 4.84 Å². The quantitative estimate of drug-likeness (QED) is 0.645.